The van der Waals surface area contributed by atoms with Crippen LogP contribution in [0.4, 0.5) is 12.9 Å². The Bertz CT molecular complexity index is 170. The molecule has 1 aliphatic carbocycles. The zero-order valence-electron chi connectivity index (χ0n) is 9.27. The van der Waals surface area contributed by atoms with E-state index in [2.05, 4.69) is 0 Å². The van der Waals surface area contributed by atoms with Gasteiger partial charge in [-0.2, -0.15) is 0 Å². The van der Waals surface area contributed by atoms with E-state index < -0.39 is 12.8 Å². The predicted molar refractivity (Wildman–Crippen MR) is 49.6 cm³/mol. The Morgan fingerprint density at radius 1 is 1.07 bits per heavy atom. The van der Waals surface area contributed by atoms with Crippen LogP contribution in [0.15, 0.2) is 0 Å². The van der Waals surface area contributed by atoms with Crippen LogP contribution in [0.1, 0.15) is 39.5 Å². The first-order valence-electron chi connectivity index (χ1n) is 5.13. The Hall–Kier alpha value is 1.49. The molecule has 1 fully saturated rings. The number of hydrogen-bond acceptors (Lipinski definition) is 0. The minimum absolute atomic E-state index is 0. The van der Waals surface area contributed by atoms with Gasteiger partial charge in [-0.3, -0.25) is 0 Å². The van der Waals surface area contributed by atoms with Crippen LogP contribution in [0, 0.1) is 11.8 Å². The molecule has 0 amide bonds. The molecule has 1 aliphatic rings. The monoisotopic (exact) mass is 232 g/mol. The van der Waals surface area contributed by atoms with E-state index in [1.54, 1.807) is 0 Å². The normalized spacial score (nSPS) is 28.7. The number of halogens is 3. The zero-order valence-corrected chi connectivity index (χ0v) is 12.4. The quantitative estimate of drug-likeness (QED) is 0.624. The predicted octanol–water partition coefficient (Wildman–Crippen LogP) is 1.05. The summed E-state index contributed by atoms with van der Waals surface area (Å²) in [5.41, 5.74) is 0. The van der Waals surface area contributed by atoms with Gasteiger partial charge in [-0.05, 0) is 5.92 Å². The van der Waals surface area contributed by atoms with E-state index in [1.165, 1.54) is 0 Å². The van der Waals surface area contributed by atoms with Crippen molar-refractivity contribution in [3.8, 4) is 0 Å². The van der Waals surface area contributed by atoms with Crippen molar-refractivity contribution in [3.05, 3.63) is 0 Å². The van der Waals surface area contributed by atoms with Crippen LogP contribution in [0.3, 0.4) is 0 Å². The molecule has 0 saturated heterocycles. The second-order valence-corrected chi connectivity index (χ2v) is 4.48. The van der Waals surface area contributed by atoms with E-state index in [-0.39, 0.29) is 63.2 Å². The van der Waals surface area contributed by atoms with Gasteiger partial charge in [0.1, 0.15) is 0 Å². The fourth-order valence-corrected chi connectivity index (χ4v) is 2.49. The van der Waals surface area contributed by atoms with E-state index in [1.807, 2.05) is 13.8 Å². The maximum absolute atomic E-state index is 12.6. The van der Waals surface area contributed by atoms with Gasteiger partial charge in [0.05, 0.1) is 0 Å². The molecule has 0 aliphatic heterocycles. The summed E-state index contributed by atoms with van der Waals surface area (Å²) < 4.78 is 37.8. The summed E-state index contributed by atoms with van der Waals surface area (Å²) >= 11 is 0. The minimum Gasteiger partial charge on any atom is -0.449 e. The fourth-order valence-electron chi connectivity index (χ4n) is 2.49. The van der Waals surface area contributed by atoms with Gasteiger partial charge in [-0.1, -0.05) is 51.3 Å². The Balaban J connectivity index is 0.00000169. The molecular weight excluding hydrogens is 215 g/mol. The van der Waals surface area contributed by atoms with E-state index in [0.29, 0.717) is 6.42 Å². The molecule has 0 aromatic heterocycles. The minimum atomic E-state index is -4.61. The van der Waals surface area contributed by atoms with Gasteiger partial charge in [0.25, 0.3) is 0 Å². The first-order valence-corrected chi connectivity index (χ1v) is 5.13. The van der Waals surface area contributed by atoms with Gasteiger partial charge in [-0.15, -0.1) is 0 Å². The van der Waals surface area contributed by atoms with Gasteiger partial charge < -0.3 is 12.9 Å². The van der Waals surface area contributed by atoms with Gasteiger partial charge in [0, 0.05) is 0 Å². The Labute approximate surface area is 127 Å². The molecule has 1 rings (SSSR count). The Kier molecular flexibility index (Phi) is 6.95. The molecule has 0 radical (unpaired) electrons. The summed E-state index contributed by atoms with van der Waals surface area (Å²) in [4.78, 5) is 0. The van der Waals surface area contributed by atoms with Crippen LogP contribution < -0.4 is 51.4 Å². The smallest absolute Gasteiger partial charge is 0.449 e. The maximum atomic E-state index is 12.6. The fraction of sp³-hybridized carbons (Fsp3) is 1.00. The molecule has 1 saturated carbocycles. The van der Waals surface area contributed by atoms with Crippen molar-refractivity contribution in [2.75, 3.05) is 0 Å². The summed E-state index contributed by atoms with van der Waals surface area (Å²) in [6, 6.07) is 0. The van der Waals surface area contributed by atoms with Crippen LogP contribution in [-0.2, 0) is 0 Å². The number of hydrogen-bond donors (Lipinski definition) is 0. The van der Waals surface area contributed by atoms with Crippen molar-refractivity contribution in [1.29, 1.82) is 0 Å². The third-order valence-corrected chi connectivity index (χ3v) is 3.22. The third-order valence-electron chi connectivity index (χ3n) is 3.22. The van der Waals surface area contributed by atoms with Crippen molar-refractivity contribution < 1.29 is 64.3 Å². The van der Waals surface area contributed by atoms with Crippen molar-refractivity contribution in [3.63, 3.8) is 0 Å². The molecule has 0 heterocycles. The van der Waals surface area contributed by atoms with E-state index in [0.717, 1.165) is 19.3 Å². The van der Waals surface area contributed by atoms with E-state index >= 15 is 0 Å². The summed E-state index contributed by atoms with van der Waals surface area (Å²) in [6.07, 6.45) is 2.87. The van der Waals surface area contributed by atoms with Gasteiger partial charge in [-0.25, -0.2) is 0 Å². The molecule has 0 spiro atoms. The molecular formula is C9H17BF3K. The van der Waals surface area contributed by atoms with Gasteiger partial charge in [0.2, 0.25) is 0 Å². The third kappa shape index (κ3) is 4.16. The van der Waals surface area contributed by atoms with Crippen molar-refractivity contribution in [1.82, 2.24) is 0 Å². The van der Waals surface area contributed by atoms with Crippen molar-refractivity contribution >= 4 is 6.98 Å². The molecule has 78 valence electrons. The van der Waals surface area contributed by atoms with Crippen LogP contribution in [-0.4, -0.2) is 6.98 Å². The Morgan fingerprint density at radius 3 is 1.93 bits per heavy atom. The maximum Gasteiger partial charge on any atom is 1.00 e. The molecule has 0 bridgehead atoms. The van der Waals surface area contributed by atoms with Crippen LogP contribution >= 0.6 is 0 Å². The molecule has 0 unspecified atom stereocenters. The van der Waals surface area contributed by atoms with E-state index in [4.69, 9.17) is 0 Å². The molecule has 0 N–H and O–H groups in total. The summed E-state index contributed by atoms with van der Waals surface area (Å²) in [7, 11) is 0. The van der Waals surface area contributed by atoms with Crippen molar-refractivity contribution in [2.24, 2.45) is 11.8 Å². The molecule has 5 heteroatoms. The van der Waals surface area contributed by atoms with Crippen LogP contribution in [0.5, 0.6) is 0 Å². The molecule has 2 atom stereocenters. The second kappa shape index (κ2) is 6.28. The summed E-state index contributed by atoms with van der Waals surface area (Å²) in [5, 5.41) is 0. The van der Waals surface area contributed by atoms with Gasteiger partial charge >= 0.3 is 58.4 Å². The molecule has 0 aromatic carbocycles. The molecule has 0 aromatic rings. The first kappa shape index (κ1) is 15.5. The first-order chi connectivity index (χ1) is 5.93. The summed E-state index contributed by atoms with van der Waals surface area (Å²) in [6.45, 7) is -0.794. The number of rotatable bonds is 2. The van der Waals surface area contributed by atoms with Crippen LogP contribution in [0.2, 0.25) is 5.82 Å². The topological polar surface area (TPSA) is 0 Å². The largest absolute Gasteiger partial charge is 1.00 e. The van der Waals surface area contributed by atoms with Crippen molar-refractivity contribution in [2.45, 2.75) is 45.3 Å². The average Bonchev–Trinajstić information content (AvgIpc) is 2.03. The molecule has 0 nitrogen and oxygen atoms in total. The average molecular weight is 232 g/mol. The van der Waals surface area contributed by atoms with Crippen LogP contribution in [0.25, 0.3) is 0 Å². The second-order valence-electron chi connectivity index (χ2n) is 4.48. The SMILES string of the molecule is CC(C)[C@H]1CCCC[C@@H]1[B-](F)(F)F.[K+]. The Morgan fingerprint density at radius 2 is 1.57 bits per heavy atom. The van der Waals surface area contributed by atoms with E-state index in [9.17, 15) is 12.9 Å². The zero-order chi connectivity index (χ0) is 10.1. The molecule has 14 heavy (non-hydrogen) atoms. The standard InChI is InChI=1S/C9H17BF3.K/c1-7(2)8-5-3-4-6-9(8)10(11,12)13;/h7-9H,3-6H2,1-2H3;/q-1;+1/t8-,9+;/m1./s1. The van der Waals surface area contributed by atoms with Gasteiger partial charge in [0.15, 0.2) is 0 Å². The summed E-state index contributed by atoms with van der Waals surface area (Å²) in [5.74, 6) is -0.920.